The van der Waals surface area contributed by atoms with Gasteiger partial charge in [-0.2, -0.15) is 10.4 Å². The Bertz CT molecular complexity index is 742. The molecule has 1 aromatic heterocycles. The van der Waals surface area contributed by atoms with Gasteiger partial charge in [0.1, 0.15) is 0 Å². The first-order chi connectivity index (χ1) is 9.98. The number of sulfonamides is 1. The number of nitrogens with zero attached hydrogens (tertiary/aromatic N) is 3. The second-order valence-electron chi connectivity index (χ2n) is 4.74. The molecule has 2 aromatic rings. The lowest BCUT2D eigenvalue weighted by atomic mass is 10.2. The Balaban J connectivity index is 1.88. The van der Waals surface area contributed by atoms with Crippen LogP contribution in [0.1, 0.15) is 16.7 Å². The second kappa shape index (κ2) is 6.52. The van der Waals surface area contributed by atoms with Crippen LogP contribution in [-0.2, 0) is 22.3 Å². The molecule has 0 radical (unpaired) electrons. The molecule has 2 rings (SSSR count). The first-order valence-corrected chi connectivity index (χ1v) is 8.09. The molecule has 0 aliphatic heterocycles. The number of hydrogen-bond acceptors (Lipinski definition) is 4. The monoisotopic (exact) mass is 304 g/mol. The Morgan fingerprint density at radius 3 is 2.62 bits per heavy atom. The van der Waals surface area contributed by atoms with Gasteiger partial charge in [0.25, 0.3) is 0 Å². The van der Waals surface area contributed by atoms with Gasteiger partial charge in [-0.05, 0) is 30.2 Å². The number of aromatic nitrogens is 2. The topological polar surface area (TPSA) is 87.8 Å². The molecule has 0 aliphatic rings. The third-order valence-electron chi connectivity index (χ3n) is 2.86. The average Bonchev–Trinajstić information content (AvgIpc) is 2.84. The van der Waals surface area contributed by atoms with Gasteiger partial charge in [-0.25, -0.2) is 13.1 Å². The number of aryl methyl sites for hydroxylation is 1. The standard InChI is InChI=1S/C14H16N4O2S/c1-12-9-16-18(10-12)7-6-17-21(19,20)11-14-4-2-13(8-15)3-5-14/h2-5,9-10,17H,6-7,11H2,1H3. The van der Waals surface area contributed by atoms with Crippen LogP contribution in [0.2, 0.25) is 0 Å². The normalized spacial score (nSPS) is 11.2. The van der Waals surface area contributed by atoms with E-state index in [1.165, 1.54) is 0 Å². The number of hydrogen-bond donors (Lipinski definition) is 1. The van der Waals surface area contributed by atoms with Crippen molar-refractivity contribution in [2.24, 2.45) is 0 Å². The van der Waals surface area contributed by atoms with E-state index in [1.54, 1.807) is 35.1 Å². The van der Waals surface area contributed by atoms with Crippen molar-refractivity contribution in [2.45, 2.75) is 19.2 Å². The maximum Gasteiger partial charge on any atom is 0.215 e. The molecule has 0 aliphatic carbocycles. The van der Waals surface area contributed by atoms with Gasteiger partial charge in [0, 0.05) is 12.7 Å². The zero-order valence-corrected chi connectivity index (χ0v) is 12.5. The van der Waals surface area contributed by atoms with Crippen LogP contribution in [0, 0.1) is 18.3 Å². The van der Waals surface area contributed by atoms with E-state index in [9.17, 15) is 8.42 Å². The minimum atomic E-state index is -3.39. The molecule has 0 spiro atoms. The van der Waals surface area contributed by atoms with Crippen molar-refractivity contribution in [1.29, 1.82) is 5.26 Å². The third-order valence-corrected chi connectivity index (χ3v) is 4.22. The molecule has 6 nitrogen and oxygen atoms in total. The van der Waals surface area contributed by atoms with E-state index in [1.807, 2.05) is 19.2 Å². The highest BCUT2D eigenvalue weighted by Crippen LogP contribution is 2.07. The van der Waals surface area contributed by atoms with Gasteiger partial charge >= 0.3 is 0 Å². The minimum Gasteiger partial charge on any atom is -0.271 e. The van der Waals surface area contributed by atoms with E-state index in [-0.39, 0.29) is 5.75 Å². The molecule has 1 heterocycles. The SMILES string of the molecule is Cc1cnn(CCNS(=O)(=O)Cc2ccc(C#N)cc2)c1. The summed E-state index contributed by atoms with van der Waals surface area (Å²) >= 11 is 0. The summed E-state index contributed by atoms with van der Waals surface area (Å²) in [6, 6.07) is 8.51. The Kier molecular flexibility index (Phi) is 4.73. The summed E-state index contributed by atoms with van der Waals surface area (Å²) in [7, 11) is -3.39. The molecule has 0 fully saturated rings. The molecule has 7 heteroatoms. The van der Waals surface area contributed by atoms with Crippen LogP contribution in [0.3, 0.4) is 0 Å². The van der Waals surface area contributed by atoms with E-state index in [2.05, 4.69) is 9.82 Å². The van der Waals surface area contributed by atoms with Crippen LogP contribution in [0.4, 0.5) is 0 Å². The van der Waals surface area contributed by atoms with E-state index < -0.39 is 10.0 Å². The molecule has 21 heavy (non-hydrogen) atoms. The summed E-state index contributed by atoms with van der Waals surface area (Å²) in [4.78, 5) is 0. The predicted molar refractivity (Wildman–Crippen MR) is 78.7 cm³/mol. The van der Waals surface area contributed by atoms with E-state index >= 15 is 0 Å². The van der Waals surface area contributed by atoms with Crippen molar-refractivity contribution >= 4 is 10.0 Å². The van der Waals surface area contributed by atoms with Gasteiger partial charge in [0.15, 0.2) is 0 Å². The van der Waals surface area contributed by atoms with Crippen LogP contribution in [0.15, 0.2) is 36.7 Å². The summed E-state index contributed by atoms with van der Waals surface area (Å²) in [6.45, 7) is 2.71. The quantitative estimate of drug-likeness (QED) is 0.868. The first-order valence-electron chi connectivity index (χ1n) is 6.44. The van der Waals surface area contributed by atoms with Crippen molar-refractivity contribution in [3.05, 3.63) is 53.3 Å². The molecule has 110 valence electrons. The summed E-state index contributed by atoms with van der Waals surface area (Å²) in [5, 5.41) is 12.8. The smallest absolute Gasteiger partial charge is 0.215 e. The number of nitriles is 1. The molecular formula is C14H16N4O2S. The van der Waals surface area contributed by atoms with Gasteiger partial charge in [0.05, 0.1) is 30.1 Å². The molecule has 0 atom stereocenters. The molecule has 0 saturated carbocycles. The zero-order valence-electron chi connectivity index (χ0n) is 11.7. The highest BCUT2D eigenvalue weighted by atomic mass is 32.2. The average molecular weight is 304 g/mol. The van der Waals surface area contributed by atoms with Crippen LogP contribution >= 0.6 is 0 Å². The van der Waals surface area contributed by atoms with Crippen molar-refractivity contribution in [3.8, 4) is 6.07 Å². The molecule has 1 N–H and O–H groups in total. The maximum atomic E-state index is 11.9. The third kappa shape index (κ3) is 4.70. The highest BCUT2D eigenvalue weighted by molar-refractivity contribution is 7.88. The molecular weight excluding hydrogens is 288 g/mol. The van der Waals surface area contributed by atoms with Gasteiger partial charge < -0.3 is 0 Å². The summed E-state index contributed by atoms with van der Waals surface area (Å²) < 4.78 is 28.1. The van der Waals surface area contributed by atoms with Crippen molar-refractivity contribution in [2.75, 3.05) is 6.54 Å². The fourth-order valence-corrected chi connectivity index (χ4v) is 2.99. The highest BCUT2D eigenvalue weighted by Gasteiger charge is 2.11. The van der Waals surface area contributed by atoms with Crippen LogP contribution in [0.5, 0.6) is 0 Å². The number of benzene rings is 1. The molecule has 0 saturated heterocycles. The van der Waals surface area contributed by atoms with Crippen LogP contribution in [0.25, 0.3) is 0 Å². The summed E-state index contributed by atoms with van der Waals surface area (Å²) in [5.41, 5.74) is 2.20. The van der Waals surface area contributed by atoms with Crippen molar-refractivity contribution < 1.29 is 8.42 Å². The van der Waals surface area contributed by atoms with Crippen LogP contribution < -0.4 is 4.72 Å². The first kappa shape index (κ1) is 15.2. The molecule has 0 amide bonds. The Morgan fingerprint density at radius 2 is 2.05 bits per heavy atom. The van der Waals surface area contributed by atoms with Gasteiger partial charge in [-0.15, -0.1) is 0 Å². The molecule has 1 aromatic carbocycles. The predicted octanol–water partition coefficient (Wildman–Crippen LogP) is 1.18. The minimum absolute atomic E-state index is 0.100. The largest absolute Gasteiger partial charge is 0.271 e. The van der Waals surface area contributed by atoms with Crippen molar-refractivity contribution in [1.82, 2.24) is 14.5 Å². The summed E-state index contributed by atoms with van der Waals surface area (Å²) in [6.07, 6.45) is 3.58. The fourth-order valence-electron chi connectivity index (χ4n) is 1.85. The van der Waals surface area contributed by atoms with Gasteiger partial charge in [-0.3, -0.25) is 4.68 Å². The van der Waals surface area contributed by atoms with E-state index in [4.69, 9.17) is 5.26 Å². The van der Waals surface area contributed by atoms with E-state index in [0.29, 0.717) is 24.2 Å². The van der Waals surface area contributed by atoms with Gasteiger partial charge in [0.2, 0.25) is 10.0 Å². The van der Waals surface area contributed by atoms with E-state index in [0.717, 1.165) is 5.56 Å². The lowest BCUT2D eigenvalue weighted by molar-refractivity contribution is 0.560. The van der Waals surface area contributed by atoms with Crippen molar-refractivity contribution in [3.63, 3.8) is 0 Å². The second-order valence-corrected chi connectivity index (χ2v) is 6.55. The molecule has 0 unspecified atom stereocenters. The Morgan fingerprint density at radius 1 is 1.33 bits per heavy atom. The zero-order chi connectivity index (χ0) is 15.3. The molecule has 0 bridgehead atoms. The number of rotatable bonds is 6. The summed E-state index contributed by atoms with van der Waals surface area (Å²) in [5.74, 6) is -0.100. The lowest BCUT2D eigenvalue weighted by Gasteiger charge is -2.07. The lowest BCUT2D eigenvalue weighted by Crippen LogP contribution is -2.28. The van der Waals surface area contributed by atoms with Gasteiger partial charge in [-0.1, -0.05) is 12.1 Å². The Labute approximate surface area is 124 Å². The Hall–Kier alpha value is -2.17. The fraction of sp³-hybridized carbons (Fsp3) is 0.286. The maximum absolute atomic E-state index is 11.9. The van der Waals surface area contributed by atoms with Crippen LogP contribution in [-0.4, -0.2) is 24.7 Å². The number of nitrogens with one attached hydrogen (secondary N) is 1.